The van der Waals surface area contributed by atoms with E-state index in [2.05, 4.69) is 15.5 Å². The number of hydrogen-bond donors (Lipinski definition) is 0. The number of thioether (sulfide) groups is 1. The molecule has 1 fully saturated rings. The van der Waals surface area contributed by atoms with E-state index in [0.717, 1.165) is 4.90 Å². The zero-order chi connectivity index (χ0) is 17.5. The fraction of sp³-hybridized carbons (Fsp3) is 0.500. The van der Waals surface area contributed by atoms with Gasteiger partial charge in [-0.15, -0.1) is 16.9 Å². The van der Waals surface area contributed by atoms with E-state index in [1.807, 2.05) is 35.2 Å². The summed E-state index contributed by atoms with van der Waals surface area (Å²) in [5.74, 6) is 1.13. The van der Waals surface area contributed by atoms with Crippen molar-refractivity contribution in [1.29, 1.82) is 0 Å². The summed E-state index contributed by atoms with van der Waals surface area (Å²) < 4.78 is 12.5. The molecular formula is C16H21N5O3S. The third-order valence-electron chi connectivity index (χ3n) is 3.88. The number of morpholine rings is 1. The van der Waals surface area contributed by atoms with Crippen molar-refractivity contribution in [3.8, 4) is 0 Å². The second kappa shape index (κ2) is 8.93. The minimum Gasteiger partial charge on any atom is -0.383 e. The van der Waals surface area contributed by atoms with Crippen molar-refractivity contribution >= 4 is 17.7 Å². The molecule has 0 N–H and O–H groups in total. The number of aromatic nitrogens is 4. The predicted octanol–water partition coefficient (Wildman–Crippen LogP) is 1.01. The monoisotopic (exact) mass is 363 g/mol. The Balaban J connectivity index is 1.57. The summed E-state index contributed by atoms with van der Waals surface area (Å²) in [6.07, 6.45) is -0.314. The summed E-state index contributed by atoms with van der Waals surface area (Å²) in [4.78, 5) is 15.4. The Morgan fingerprint density at radius 3 is 3.04 bits per heavy atom. The lowest BCUT2D eigenvalue weighted by Crippen LogP contribution is -2.43. The van der Waals surface area contributed by atoms with Crippen LogP contribution in [0, 0.1) is 0 Å². The first-order valence-electron chi connectivity index (χ1n) is 8.10. The van der Waals surface area contributed by atoms with Crippen LogP contribution in [0.4, 0.5) is 0 Å². The van der Waals surface area contributed by atoms with Gasteiger partial charge < -0.3 is 14.4 Å². The number of ether oxygens (including phenoxy) is 2. The van der Waals surface area contributed by atoms with Gasteiger partial charge in [0.2, 0.25) is 5.91 Å². The number of carbonyl (C=O) groups is 1. The molecule has 1 aliphatic heterocycles. The number of benzene rings is 1. The molecule has 1 saturated heterocycles. The number of methoxy groups -OCH3 is 1. The Morgan fingerprint density at radius 2 is 2.24 bits per heavy atom. The highest BCUT2D eigenvalue weighted by Crippen LogP contribution is 2.22. The quantitative estimate of drug-likeness (QED) is 0.679. The van der Waals surface area contributed by atoms with E-state index in [1.54, 1.807) is 23.6 Å². The van der Waals surface area contributed by atoms with E-state index in [-0.39, 0.29) is 12.0 Å². The fourth-order valence-electron chi connectivity index (χ4n) is 2.56. The van der Waals surface area contributed by atoms with E-state index in [9.17, 15) is 4.79 Å². The van der Waals surface area contributed by atoms with Crippen LogP contribution in [-0.4, -0.2) is 70.2 Å². The van der Waals surface area contributed by atoms with Crippen molar-refractivity contribution < 1.29 is 14.3 Å². The van der Waals surface area contributed by atoms with Crippen LogP contribution < -0.4 is 0 Å². The Morgan fingerprint density at radius 1 is 1.40 bits per heavy atom. The van der Waals surface area contributed by atoms with Crippen LogP contribution in [-0.2, 0) is 20.8 Å². The van der Waals surface area contributed by atoms with Crippen LogP contribution in [0.3, 0.4) is 0 Å². The molecular weight excluding hydrogens is 342 g/mol. The summed E-state index contributed by atoms with van der Waals surface area (Å²) in [6, 6.07) is 9.91. The lowest BCUT2D eigenvalue weighted by Gasteiger charge is -2.32. The molecule has 1 aromatic heterocycles. The maximum absolute atomic E-state index is 12.5. The van der Waals surface area contributed by atoms with E-state index < -0.39 is 0 Å². The molecule has 0 saturated carbocycles. The normalized spacial score (nSPS) is 17.6. The molecule has 1 aliphatic rings. The molecule has 1 atom stereocenters. The number of rotatable bonds is 7. The van der Waals surface area contributed by atoms with Crippen molar-refractivity contribution in [2.24, 2.45) is 0 Å². The molecule has 25 heavy (non-hydrogen) atoms. The molecule has 8 nitrogen and oxygen atoms in total. The first-order valence-corrected chi connectivity index (χ1v) is 9.08. The van der Waals surface area contributed by atoms with Crippen molar-refractivity contribution in [2.45, 2.75) is 17.5 Å². The van der Waals surface area contributed by atoms with Gasteiger partial charge in [0.05, 0.1) is 32.1 Å². The lowest BCUT2D eigenvalue weighted by atomic mass is 10.2. The average molecular weight is 363 g/mol. The highest BCUT2D eigenvalue weighted by Gasteiger charge is 2.29. The minimum absolute atomic E-state index is 0.0954. The first-order chi connectivity index (χ1) is 12.3. The molecule has 0 aliphatic carbocycles. The molecule has 0 bridgehead atoms. The molecule has 1 aromatic carbocycles. The molecule has 2 aromatic rings. The minimum atomic E-state index is -0.314. The zero-order valence-electron chi connectivity index (χ0n) is 14.1. The van der Waals surface area contributed by atoms with Crippen molar-refractivity contribution in [3.05, 3.63) is 36.2 Å². The van der Waals surface area contributed by atoms with Gasteiger partial charge in [-0.3, -0.25) is 4.79 Å². The van der Waals surface area contributed by atoms with Gasteiger partial charge in [0.1, 0.15) is 6.10 Å². The van der Waals surface area contributed by atoms with Gasteiger partial charge in [-0.1, -0.05) is 18.2 Å². The standard InChI is InChI=1S/C16H21N5O3S/c1-23-9-8-21-16(17-18-19-21)14-11-20(7-10-24-14)15(22)12-25-13-5-3-2-4-6-13/h2-6,14H,7-12H2,1H3/t14-/m1/s1. The second-order valence-corrected chi connectivity index (χ2v) is 6.60. The van der Waals surface area contributed by atoms with Crippen LogP contribution in [0.1, 0.15) is 11.9 Å². The largest absolute Gasteiger partial charge is 0.383 e. The Bertz CT molecular complexity index is 681. The van der Waals surface area contributed by atoms with E-state index >= 15 is 0 Å². The zero-order valence-corrected chi connectivity index (χ0v) is 14.9. The molecule has 9 heteroatoms. The van der Waals surface area contributed by atoms with E-state index in [1.165, 1.54) is 0 Å². The third kappa shape index (κ3) is 4.77. The van der Waals surface area contributed by atoms with Gasteiger partial charge in [-0.2, -0.15) is 0 Å². The second-order valence-electron chi connectivity index (χ2n) is 5.55. The van der Waals surface area contributed by atoms with Crippen LogP contribution in [0.15, 0.2) is 35.2 Å². The number of carbonyl (C=O) groups excluding carboxylic acids is 1. The maximum Gasteiger partial charge on any atom is 0.233 e. The van der Waals surface area contributed by atoms with Gasteiger partial charge in [-0.05, 0) is 22.6 Å². The van der Waals surface area contributed by atoms with Gasteiger partial charge in [0.15, 0.2) is 5.82 Å². The number of tetrazole rings is 1. The van der Waals surface area contributed by atoms with Gasteiger partial charge in [0.25, 0.3) is 0 Å². The summed E-state index contributed by atoms with van der Waals surface area (Å²) in [5, 5.41) is 11.7. The predicted molar refractivity (Wildman–Crippen MR) is 92.1 cm³/mol. The Labute approximate surface area is 150 Å². The van der Waals surface area contributed by atoms with Crippen molar-refractivity contribution in [3.63, 3.8) is 0 Å². The van der Waals surface area contributed by atoms with Crippen LogP contribution in [0.5, 0.6) is 0 Å². The average Bonchev–Trinajstić information content (AvgIpc) is 3.14. The number of amides is 1. The molecule has 3 rings (SSSR count). The highest BCUT2D eigenvalue weighted by atomic mass is 32.2. The Kier molecular flexibility index (Phi) is 6.37. The van der Waals surface area contributed by atoms with Gasteiger partial charge in [-0.25, -0.2) is 4.68 Å². The topological polar surface area (TPSA) is 82.4 Å². The van der Waals surface area contributed by atoms with Gasteiger partial charge in [0, 0.05) is 18.6 Å². The smallest absolute Gasteiger partial charge is 0.233 e. The highest BCUT2D eigenvalue weighted by molar-refractivity contribution is 8.00. The molecule has 0 radical (unpaired) electrons. The van der Waals surface area contributed by atoms with Crippen LogP contribution in [0.2, 0.25) is 0 Å². The summed E-state index contributed by atoms with van der Waals surface area (Å²) in [7, 11) is 1.63. The van der Waals surface area contributed by atoms with Crippen molar-refractivity contribution in [2.75, 3.05) is 39.2 Å². The Hall–Kier alpha value is -1.97. The third-order valence-corrected chi connectivity index (χ3v) is 4.88. The first kappa shape index (κ1) is 17.8. The lowest BCUT2D eigenvalue weighted by molar-refractivity contribution is -0.136. The number of hydrogen-bond acceptors (Lipinski definition) is 7. The molecule has 1 amide bonds. The molecule has 2 heterocycles. The van der Waals surface area contributed by atoms with Crippen LogP contribution >= 0.6 is 11.8 Å². The SMILES string of the molecule is COCCn1nnnc1[C@H]1CN(C(=O)CSc2ccccc2)CCO1. The van der Waals surface area contributed by atoms with Gasteiger partial charge >= 0.3 is 0 Å². The van der Waals surface area contributed by atoms with E-state index in [4.69, 9.17) is 9.47 Å². The van der Waals surface area contributed by atoms with Crippen molar-refractivity contribution in [1.82, 2.24) is 25.1 Å². The van der Waals surface area contributed by atoms with Crippen LogP contribution in [0.25, 0.3) is 0 Å². The van der Waals surface area contributed by atoms with E-state index in [0.29, 0.717) is 44.4 Å². The molecule has 134 valence electrons. The molecule has 0 unspecified atom stereocenters. The maximum atomic E-state index is 12.5. The molecule has 0 spiro atoms. The summed E-state index contributed by atoms with van der Waals surface area (Å²) >= 11 is 1.54. The summed E-state index contributed by atoms with van der Waals surface area (Å²) in [6.45, 7) is 2.59. The summed E-state index contributed by atoms with van der Waals surface area (Å²) in [5.41, 5.74) is 0. The fourth-order valence-corrected chi connectivity index (χ4v) is 3.39. The number of nitrogens with zero attached hydrogens (tertiary/aromatic N) is 5.